The zero-order chi connectivity index (χ0) is 17.5. The van der Waals surface area contributed by atoms with Gasteiger partial charge in [0.05, 0.1) is 0 Å². The van der Waals surface area contributed by atoms with Crippen LogP contribution in [0.15, 0.2) is 60.7 Å². The van der Waals surface area contributed by atoms with Crippen molar-refractivity contribution in [1.29, 1.82) is 0 Å². The van der Waals surface area contributed by atoms with Crippen molar-refractivity contribution < 1.29 is 0 Å². The van der Waals surface area contributed by atoms with Crippen LogP contribution in [0.2, 0.25) is 0 Å². The van der Waals surface area contributed by atoms with Crippen molar-refractivity contribution in [2.24, 2.45) is 11.8 Å². The van der Waals surface area contributed by atoms with Crippen LogP contribution in [0.4, 0.5) is 0 Å². The second-order valence-electron chi connectivity index (χ2n) is 7.57. The molecule has 1 atom stereocenters. The van der Waals surface area contributed by atoms with E-state index in [0.717, 1.165) is 11.8 Å². The molecule has 1 aliphatic carbocycles. The van der Waals surface area contributed by atoms with Gasteiger partial charge in [0, 0.05) is 0 Å². The van der Waals surface area contributed by atoms with E-state index >= 15 is 0 Å². The Morgan fingerprint density at radius 1 is 0.840 bits per heavy atom. The fourth-order valence-corrected chi connectivity index (χ4v) is 4.09. The third kappa shape index (κ3) is 4.84. The van der Waals surface area contributed by atoms with E-state index in [4.69, 9.17) is 0 Å². The standard InChI is InChI=1S/C25H32/c1-3-20(4-2)10-11-21-12-14-23(15-13-21)25-18-16-24(17-19-25)22-8-6-5-7-9-22/h5-9,14,16-21H,3-4,10-13,15H2,1-2H3. The highest BCUT2D eigenvalue weighted by Gasteiger charge is 2.16. The summed E-state index contributed by atoms with van der Waals surface area (Å²) < 4.78 is 0. The van der Waals surface area contributed by atoms with Crippen LogP contribution >= 0.6 is 0 Å². The molecule has 2 aromatic rings. The third-order valence-electron chi connectivity index (χ3n) is 6.02. The lowest BCUT2D eigenvalue weighted by Crippen LogP contribution is -2.08. The summed E-state index contributed by atoms with van der Waals surface area (Å²) in [5.74, 6) is 1.85. The van der Waals surface area contributed by atoms with E-state index in [-0.39, 0.29) is 0 Å². The van der Waals surface area contributed by atoms with E-state index in [0.29, 0.717) is 0 Å². The Morgan fingerprint density at radius 2 is 1.48 bits per heavy atom. The number of rotatable bonds is 7. The molecule has 0 bridgehead atoms. The molecule has 0 saturated carbocycles. The van der Waals surface area contributed by atoms with Crippen LogP contribution in [0, 0.1) is 11.8 Å². The summed E-state index contributed by atoms with van der Waals surface area (Å²) in [5, 5.41) is 0. The highest BCUT2D eigenvalue weighted by Crippen LogP contribution is 2.34. The van der Waals surface area contributed by atoms with Crippen LogP contribution in [0.3, 0.4) is 0 Å². The fourth-order valence-electron chi connectivity index (χ4n) is 4.09. The van der Waals surface area contributed by atoms with Gasteiger partial charge in [-0.15, -0.1) is 0 Å². The van der Waals surface area contributed by atoms with Gasteiger partial charge < -0.3 is 0 Å². The van der Waals surface area contributed by atoms with Crippen molar-refractivity contribution in [2.75, 3.05) is 0 Å². The molecule has 1 aliphatic rings. The molecular weight excluding hydrogens is 300 g/mol. The molecule has 0 heterocycles. The maximum Gasteiger partial charge on any atom is -0.0184 e. The molecule has 0 amide bonds. The maximum atomic E-state index is 2.51. The van der Waals surface area contributed by atoms with E-state index in [9.17, 15) is 0 Å². The van der Waals surface area contributed by atoms with E-state index in [1.54, 1.807) is 5.57 Å². The summed E-state index contributed by atoms with van der Waals surface area (Å²) in [6, 6.07) is 19.8. The Kier molecular flexibility index (Phi) is 6.50. The van der Waals surface area contributed by atoms with Crippen molar-refractivity contribution in [1.82, 2.24) is 0 Å². The first-order valence-corrected chi connectivity index (χ1v) is 10.1. The molecule has 3 rings (SSSR count). The Balaban J connectivity index is 1.58. The zero-order valence-electron chi connectivity index (χ0n) is 15.9. The average molecular weight is 333 g/mol. The lowest BCUT2D eigenvalue weighted by atomic mass is 9.82. The largest absolute Gasteiger partial charge is 0.0804 e. The molecule has 0 aliphatic heterocycles. The van der Waals surface area contributed by atoms with Gasteiger partial charge in [-0.05, 0) is 59.8 Å². The van der Waals surface area contributed by atoms with Crippen molar-refractivity contribution in [2.45, 2.75) is 58.8 Å². The molecule has 0 saturated heterocycles. The highest BCUT2D eigenvalue weighted by molar-refractivity contribution is 5.70. The maximum absolute atomic E-state index is 2.51. The van der Waals surface area contributed by atoms with Gasteiger partial charge in [-0.3, -0.25) is 0 Å². The van der Waals surface area contributed by atoms with Crippen molar-refractivity contribution >= 4 is 5.57 Å². The van der Waals surface area contributed by atoms with Gasteiger partial charge in [-0.2, -0.15) is 0 Å². The lowest BCUT2D eigenvalue weighted by Gasteiger charge is -2.24. The normalized spacial score (nSPS) is 17.6. The van der Waals surface area contributed by atoms with E-state index in [2.05, 4.69) is 74.5 Å². The second-order valence-corrected chi connectivity index (χ2v) is 7.57. The Morgan fingerprint density at radius 3 is 2.08 bits per heavy atom. The van der Waals surface area contributed by atoms with Crippen molar-refractivity contribution in [3.8, 4) is 11.1 Å². The topological polar surface area (TPSA) is 0 Å². The molecule has 0 nitrogen and oxygen atoms in total. The molecular formula is C25H32. The molecule has 0 heteroatoms. The van der Waals surface area contributed by atoms with Crippen molar-refractivity contribution in [3.05, 3.63) is 66.2 Å². The van der Waals surface area contributed by atoms with Gasteiger partial charge in [0.25, 0.3) is 0 Å². The van der Waals surface area contributed by atoms with Crippen molar-refractivity contribution in [3.63, 3.8) is 0 Å². The summed E-state index contributed by atoms with van der Waals surface area (Å²) >= 11 is 0. The quantitative estimate of drug-likeness (QED) is 0.486. The Hall–Kier alpha value is -1.82. The molecule has 0 spiro atoms. The second kappa shape index (κ2) is 9.04. The molecule has 0 N–H and O–H groups in total. The molecule has 132 valence electrons. The smallest absolute Gasteiger partial charge is 0.0184 e. The minimum atomic E-state index is 0.910. The fraction of sp³-hybridized carbons (Fsp3) is 0.440. The molecule has 0 fully saturated rings. The predicted octanol–water partition coefficient (Wildman–Crippen LogP) is 7.75. The Bertz CT molecular complexity index is 659. The first-order chi connectivity index (χ1) is 12.3. The van der Waals surface area contributed by atoms with Gasteiger partial charge in [-0.1, -0.05) is 93.8 Å². The van der Waals surface area contributed by atoms with Crippen LogP contribution in [0.25, 0.3) is 16.7 Å². The van der Waals surface area contributed by atoms with Gasteiger partial charge in [0.2, 0.25) is 0 Å². The first kappa shape index (κ1) is 18.0. The van der Waals surface area contributed by atoms with E-state index < -0.39 is 0 Å². The minimum absolute atomic E-state index is 0.910. The number of allylic oxidation sites excluding steroid dienone is 2. The van der Waals surface area contributed by atoms with Gasteiger partial charge >= 0.3 is 0 Å². The summed E-state index contributed by atoms with van der Waals surface area (Å²) in [7, 11) is 0. The van der Waals surface area contributed by atoms with Gasteiger partial charge in [0.15, 0.2) is 0 Å². The summed E-state index contributed by atoms with van der Waals surface area (Å²) in [4.78, 5) is 0. The van der Waals surface area contributed by atoms with Crippen LogP contribution in [-0.4, -0.2) is 0 Å². The Labute approximate surface area is 154 Å². The number of hydrogen-bond donors (Lipinski definition) is 0. The number of benzene rings is 2. The molecule has 0 aromatic heterocycles. The lowest BCUT2D eigenvalue weighted by molar-refractivity contribution is 0.361. The highest BCUT2D eigenvalue weighted by atomic mass is 14.2. The van der Waals surface area contributed by atoms with Crippen LogP contribution in [-0.2, 0) is 0 Å². The monoisotopic (exact) mass is 332 g/mol. The summed E-state index contributed by atoms with van der Waals surface area (Å²) in [6.45, 7) is 4.68. The van der Waals surface area contributed by atoms with Crippen LogP contribution in [0.1, 0.15) is 64.4 Å². The SMILES string of the molecule is CCC(CC)CCC1CC=C(c2ccc(-c3ccccc3)cc2)CC1. The van der Waals surface area contributed by atoms with E-state index in [1.807, 2.05) is 0 Å². The average Bonchev–Trinajstić information content (AvgIpc) is 2.70. The summed E-state index contributed by atoms with van der Waals surface area (Å²) in [5.41, 5.74) is 5.58. The van der Waals surface area contributed by atoms with Gasteiger partial charge in [0.1, 0.15) is 0 Å². The zero-order valence-corrected chi connectivity index (χ0v) is 15.9. The van der Waals surface area contributed by atoms with Gasteiger partial charge in [-0.25, -0.2) is 0 Å². The molecule has 25 heavy (non-hydrogen) atoms. The van der Waals surface area contributed by atoms with Crippen LogP contribution < -0.4 is 0 Å². The van der Waals surface area contributed by atoms with Crippen LogP contribution in [0.5, 0.6) is 0 Å². The molecule has 0 radical (unpaired) electrons. The summed E-state index contributed by atoms with van der Waals surface area (Å²) in [6.07, 6.45) is 11.9. The number of hydrogen-bond acceptors (Lipinski definition) is 0. The minimum Gasteiger partial charge on any atom is -0.0804 e. The first-order valence-electron chi connectivity index (χ1n) is 10.1. The third-order valence-corrected chi connectivity index (χ3v) is 6.02. The van der Waals surface area contributed by atoms with E-state index in [1.165, 1.54) is 61.6 Å². The molecule has 2 aromatic carbocycles. The predicted molar refractivity (Wildman–Crippen MR) is 111 cm³/mol. The molecule has 1 unspecified atom stereocenters.